The predicted molar refractivity (Wildman–Crippen MR) is 53.5 cm³/mol. The molecule has 0 aromatic carbocycles. The number of hydrogen-bond acceptors (Lipinski definition) is 5. The second-order valence-electron chi connectivity index (χ2n) is 3.70. The van der Waals surface area contributed by atoms with E-state index in [4.69, 9.17) is 9.47 Å². The summed E-state index contributed by atoms with van der Waals surface area (Å²) in [5.74, 6) is 0. The van der Waals surface area contributed by atoms with Crippen LogP contribution in [0.3, 0.4) is 0 Å². The lowest BCUT2D eigenvalue weighted by molar-refractivity contribution is -0.201. The SMILES string of the molecule is CCO[C@H]1[C@@H](O)[C@H](O)[C@@H](OCC)C[C@H]1O. The van der Waals surface area contributed by atoms with Crippen molar-refractivity contribution < 1.29 is 24.8 Å². The van der Waals surface area contributed by atoms with Crippen molar-refractivity contribution in [1.29, 1.82) is 0 Å². The molecule has 5 heteroatoms. The Bertz CT molecular complexity index is 187. The van der Waals surface area contributed by atoms with Crippen LogP contribution >= 0.6 is 0 Å². The van der Waals surface area contributed by atoms with E-state index in [1.165, 1.54) is 0 Å². The summed E-state index contributed by atoms with van der Waals surface area (Å²) < 4.78 is 10.4. The average Bonchev–Trinajstić information content (AvgIpc) is 2.21. The minimum atomic E-state index is -1.09. The van der Waals surface area contributed by atoms with Gasteiger partial charge in [0.25, 0.3) is 0 Å². The lowest BCUT2D eigenvalue weighted by Crippen LogP contribution is -2.57. The Morgan fingerprint density at radius 1 is 1.00 bits per heavy atom. The van der Waals surface area contributed by atoms with Crippen molar-refractivity contribution in [3.63, 3.8) is 0 Å². The molecule has 15 heavy (non-hydrogen) atoms. The van der Waals surface area contributed by atoms with E-state index in [0.29, 0.717) is 13.2 Å². The summed E-state index contributed by atoms with van der Waals surface area (Å²) in [6, 6.07) is 0. The van der Waals surface area contributed by atoms with Gasteiger partial charge in [0.05, 0.1) is 12.2 Å². The molecule has 5 nitrogen and oxygen atoms in total. The minimum Gasteiger partial charge on any atom is -0.390 e. The molecule has 0 spiro atoms. The molecule has 0 amide bonds. The molecule has 0 aliphatic heterocycles. The molecule has 0 aromatic rings. The number of rotatable bonds is 4. The Labute approximate surface area is 89.6 Å². The lowest BCUT2D eigenvalue weighted by Gasteiger charge is -2.40. The van der Waals surface area contributed by atoms with Gasteiger partial charge in [0, 0.05) is 19.6 Å². The average molecular weight is 220 g/mol. The first-order valence-electron chi connectivity index (χ1n) is 5.39. The summed E-state index contributed by atoms with van der Waals surface area (Å²) in [5.41, 5.74) is 0. The predicted octanol–water partition coefficient (Wildman–Crippen LogP) is -0.717. The third kappa shape index (κ3) is 2.89. The summed E-state index contributed by atoms with van der Waals surface area (Å²) in [6.45, 7) is 4.42. The molecule has 0 bridgehead atoms. The first-order chi connectivity index (χ1) is 7.11. The van der Waals surface area contributed by atoms with Gasteiger partial charge in [0.15, 0.2) is 0 Å². The van der Waals surface area contributed by atoms with E-state index >= 15 is 0 Å². The van der Waals surface area contributed by atoms with Crippen LogP contribution in [0.4, 0.5) is 0 Å². The Kier molecular flexibility index (Phi) is 4.95. The zero-order valence-electron chi connectivity index (χ0n) is 9.17. The van der Waals surface area contributed by atoms with Crippen molar-refractivity contribution in [1.82, 2.24) is 0 Å². The van der Waals surface area contributed by atoms with Crippen LogP contribution in [0, 0.1) is 0 Å². The van der Waals surface area contributed by atoms with Crippen LogP contribution < -0.4 is 0 Å². The van der Waals surface area contributed by atoms with Gasteiger partial charge >= 0.3 is 0 Å². The fraction of sp³-hybridized carbons (Fsp3) is 1.00. The molecule has 0 radical (unpaired) electrons. The first-order valence-corrected chi connectivity index (χ1v) is 5.39. The van der Waals surface area contributed by atoms with Crippen LogP contribution in [0.25, 0.3) is 0 Å². The number of aliphatic hydroxyl groups is 3. The van der Waals surface area contributed by atoms with Gasteiger partial charge in [-0.3, -0.25) is 0 Å². The summed E-state index contributed by atoms with van der Waals surface area (Å²) >= 11 is 0. The van der Waals surface area contributed by atoms with Crippen molar-refractivity contribution in [3.8, 4) is 0 Å². The largest absolute Gasteiger partial charge is 0.390 e. The molecule has 1 aliphatic rings. The van der Waals surface area contributed by atoms with E-state index in [1.54, 1.807) is 13.8 Å². The molecule has 1 saturated carbocycles. The second kappa shape index (κ2) is 5.77. The third-order valence-corrected chi connectivity index (χ3v) is 2.66. The Hall–Kier alpha value is -0.200. The summed E-state index contributed by atoms with van der Waals surface area (Å²) in [7, 11) is 0. The fourth-order valence-electron chi connectivity index (χ4n) is 1.94. The maximum Gasteiger partial charge on any atom is 0.112 e. The first kappa shape index (κ1) is 12.9. The molecule has 1 aliphatic carbocycles. The molecule has 0 heterocycles. The van der Waals surface area contributed by atoms with Gasteiger partial charge in [0.2, 0.25) is 0 Å². The van der Waals surface area contributed by atoms with Crippen LogP contribution in [0.2, 0.25) is 0 Å². The highest BCUT2D eigenvalue weighted by Gasteiger charge is 2.43. The highest BCUT2D eigenvalue weighted by atomic mass is 16.5. The molecule has 0 saturated heterocycles. The van der Waals surface area contributed by atoms with Crippen molar-refractivity contribution in [2.24, 2.45) is 0 Å². The standard InChI is InChI=1S/C10H20O5/c1-3-14-7-5-6(11)10(15-4-2)9(13)8(7)12/h6-13H,3-5H2,1-2H3/t6-,7+,8-,9+,10-/m1/s1. The third-order valence-electron chi connectivity index (χ3n) is 2.66. The summed E-state index contributed by atoms with van der Waals surface area (Å²) in [5, 5.41) is 29.1. The molecule has 5 atom stereocenters. The van der Waals surface area contributed by atoms with Crippen molar-refractivity contribution in [2.45, 2.75) is 50.8 Å². The van der Waals surface area contributed by atoms with Gasteiger partial charge in [-0.1, -0.05) is 0 Å². The highest BCUT2D eigenvalue weighted by molar-refractivity contribution is 4.94. The van der Waals surface area contributed by atoms with Crippen LogP contribution in [0.5, 0.6) is 0 Å². The molecule has 0 aromatic heterocycles. The van der Waals surface area contributed by atoms with Gasteiger partial charge in [-0.2, -0.15) is 0 Å². The number of ether oxygens (including phenoxy) is 2. The highest BCUT2D eigenvalue weighted by Crippen LogP contribution is 2.25. The van der Waals surface area contributed by atoms with Crippen LogP contribution in [0.1, 0.15) is 20.3 Å². The van der Waals surface area contributed by atoms with E-state index in [0.717, 1.165) is 0 Å². The zero-order valence-corrected chi connectivity index (χ0v) is 9.17. The molecular weight excluding hydrogens is 200 g/mol. The van der Waals surface area contributed by atoms with E-state index in [1.807, 2.05) is 0 Å². The maximum absolute atomic E-state index is 9.72. The molecule has 1 rings (SSSR count). The maximum atomic E-state index is 9.72. The Morgan fingerprint density at radius 2 is 1.60 bits per heavy atom. The number of hydrogen-bond donors (Lipinski definition) is 3. The molecule has 1 fully saturated rings. The topological polar surface area (TPSA) is 79.2 Å². The van der Waals surface area contributed by atoms with E-state index in [-0.39, 0.29) is 6.42 Å². The fourth-order valence-corrected chi connectivity index (χ4v) is 1.94. The molecule has 0 unspecified atom stereocenters. The quantitative estimate of drug-likeness (QED) is 0.583. The van der Waals surface area contributed by atoms with Gasteiger partial charge in [-0.15, -0.1) is 0 Å². The molecule has 90 valence electrons. The van der Waals surface area contributed by atoms with Crippen molar-refractivity contribution in [3.05, 3.63) is 0 Å². The van der Waals surface area contributed by atoms with Crippen LogP contribution in [-0.4, -0.2) is 59.1 Å². The summed E-state index contributed by atoms with van der Waals surface area (Å²) in [4.78, 5) is 0. The van der Waals surface area contributed by atoms with Crippen molar-refractivity contribution >= 4 is 0 Å². The van der Waals surface area contributed by atoms with E-state index in [2.05, 4.69) is 0 Å². The lowest BCUT2D eigenvalue weighted by atomic mass is 9.87. The van der Waals surface area contributed by atoms with E-state index < -0.39 is 30.5 Å². The van der Waals surface area contributed by atoms with Gasteiger partial charge in [0.1, 0.15) is 18.3 Å². The summed E-state index contributed by atoms with van der Waals surface area (Å²) in [6.07, 6.45) is -3.83. The Balaban J connectivity index is 2.61. The minimum absolute atomic E-state index is 0.288. The second-order valence-corrected chi connectivity index (χ2v) is 3.70. The van der Waals surface area contributed by atoms with E-state index in [9.17, 15) is 15.3 Å². The Morgan fingerprint density at radius 3 is 2.13 bits per heavy atom. The monoisotopic (exact) mass is 220 g/mol. The van der Waals surface area contributed by atoms with Crippen LogP contribution in [-0.2, 0) is 9.47 Å². The van der Waals surface area contributed by atoms with Crippen molar-refractivity contribution in [2.75, 3.05) is 13.2 Å². The molecule has 3 N–H and O–H groups in total. The van der Waals surface area contributed by atoms with Crippen LogP contribution in [0.15, 0.2) is 0 Å². The normalized spacial score (nSPS) is 41.8. The zero-order chi connectivity index (χ0) is 11.4. The smallest absolute Gasteiger partial charge is 0.112 e. The van der Waals surface area contributed by atoms with Gasteiger partial charge in [-0.05, 0) is 13.8 Å². The van der Waals surface area contributed by atoms with Gasteiger partial charge < -0.3 is 24.8 Å². The van der Waals surface area contributed by atoms with Gasteiger partial charge in [-0.25, -0.2) is 0 Å². The number of aliphatic hydroxyl groups excluding tert-OH is 3. The molecular formula is C10H20O5.